The van der Waals surface area contributed by atoms with E-state index in [1.54, 1.807) is 13.2 Å². The predicted molar refractivity (Wildman–Crippen MR) is 104 cm³/mol. The molecule has 2 aromatic carbocycles. The molecule has 7 heteroatoms. The topological polar surface area (TPSA) is 63.2 Å². The summed E-state index contributed by atoms with van der Waals surface area (Å²) in [6.45, 7) is 0.625. The van der Waals surface area contributed by atoms with E-state index in [9.17, 15) is 13.6 Å². The summed E-state index contributed by atoms with van der Waals surface area (Å²) in [5.74, 6) is -1.59. The van der Waals surface area contributed by atoms with Crippen molar-refractivity contribution in [2.24, 2.45) is 0 Å². The minimum atomic E-state index is -0.846. The zero-order valence-corrected chi connectivity index (χ0v) is 15.2. The first-order valence-corrected chi connectivity index (χ1v) is 8.65. The van der Waals surface area contributed by atoms with Gasteiger partial charge in [-0.25, -0.2) is 8.78 Å². The summed E-state index contributed by atoms with van der Waals surface area (Å²) in [5, 5.41) is 5.43. The number of methoxy groups -OCH3 is 1. The van der Waals surface area contributed by atoms with Crippen LogP contribution in [0.4, 0.5) is 20.2 Å². The van der Waals surface area contributed by atoms with Crippen LogP contribution < -0.4 is 15.4 Å². The number of hydrogen-bond acceptors (Lipinski definition) is 4. The van der Waals surface area contributed by atoms with Crippen molar-refractivity contribution in [3.8, 4) is 5.75 Å². The van der Waals surface area contributed by atoms with Gasteiger partial charge in [0.1, 0.15) is 28.8 Å². The largest absolute Gasteiger partial charge is 0.497 e. The van der Waals surface area contributed by atoms with Crippen LogP contribution in [0.2, 0.25) is 0 Å². The molecule has 2 N–H and O–H groups in total. The molecule has 1 aromatic heterocycles. The number of anilines is 2. The molecule has 3 rings (SSSR count). The highest BCUT2D eigenvalue weighted by atomic mass is 19.1. The number of halogens is 2. The third-order valence-corrected chi connectivity index (χ3v) is 4.07. The number of nitrogens with zero attached hydrogens (tertiary/aromatic N) is 1. The second-order valence-electron chi connectivity index (χ2n) is 6.01. The van der Waals surface area contributed by atoms with Crippen LogP contribution in [-0.4, -0.2) is 24.5 Å². The fourth-order valence-corrected chi connectivity index (χ4v) is 2.64. The summed E-state index contributed by atoms with van der Waals surface area (Å²) in [4.78, 5) is 16.3. The van der Waals surface area contributed by atoms with Crippen LogP contribution >= 0.6 is 0 Å². The number of carbonyl (C=O) groups excluding carboxylic acids is 1. The summed E-state index contributed by atoms with van der Waals surface area (Å²) in [6, 6.07) is 14.4. The van der Waals surface area contributed by atoms with Gasteiger partial charge >= 0.3 is 0 Å². The zero-order valence-electron chi connectivity index (χ0n) is 15.2. The van der Waals surface area contributed by atoms with Crippen molar-refractivity contribution in [3.05, 3.63) is 83.7 Å². The number of rotatable bonds is 7. The van der Waals surface area contributed by atoms with E-state index in [1.165, 1.54) is 18.3 Å². The zero-order chi connectivity index (χ0) is 19.9. The van der Waals surface area contributed by atoms with Crippen molar-refractivity contribution in [1.29, 1.82) is 0 Å². The molecule has 1 heterocycles. The molecule has 0 aliphatic carbocycles. The van der Waals surface area contributed by atoms with Crippen LogP contribution in [0.15, 0.2) is 60.8 Å². The van der Waals surface area contributed by atoms with Crippen LogP contribution in [0.5, 0.6) is 5.75 Å². The molecule has 0 saturated heterocycles. The molecule has 0 fully saturated rings. The Hall–Kier alpha value is -3.48. The molecule has 0 saturated carbocycles. The summed E-state index contributed by atoms with van der Waals surface area (Å²) >= 11 is 0. The molecule has 0 atom stereocenters. The van der Waals surface area contributed by atoms with Gasteiger partial charge in [0.25, 0.3) is 5.91 Å². The van der Waals surface area contributed by atoms with Crippen molar-refractivity contribution in [2.45, 2.75) is 6.42 Å². The summed E-state index contributed by atoms with van der Waals surface area (Å²) in [5.41, 5.74) is 1.34. The van der Waals surface area contributed by atoms with Crippen molar-refractivity contribution in [1.82, 2.24) is 4.98 Å². The van der Waals surface area contributed by atoms with E-state index < -0.39 is 23.2 Å². The Morgan fingerprint density at radius 2 is 1.82 bits per heavy atom. The van der Waals surface area contributed by atoms with E-state index >= 15 is 0 Å². The maximum Gasteiger partial charge on any atom is 0.274 e. The Labute approximate surface area is 161 Å². The van der Waals surface area contributed by atoms with Crippen molar-refractivity contribution < 1.29 is 18.3 Å². The number of amides is 1. The van der Waals surface area contributed by atoms with E-state index in [0.29, 0.717) is 12.2 Å². The predicted octanol–water partition coefficient (Wildman–Crippen LogP) is 4.28. The van der Waals surface area contributed by atoms with Gasteiger partial charge in [-0.05, 0) is 48.4 Å². The van der Waals surface area contributed by atoms with Gasteiger partial charge in [0.2, 0.25) is 0 Å². The lowest BCUT2D eigenvalue weighted by molar-refractivity contribution is 0.102. The minimum absolute atomic E-state index is 0.0500. The Kier molecular flexibility index (Phi) is 6.16. The van der Waals surface area contributed by atoms with Gasteiger partial charge in [-0.15, -0.1) is 0 Å². The maximum absolute atomic E-state index is 13.7. The minimum Gasteiger partial charge on any atom is -0.497 e. The molecule has 1 amide bonds. The maximum atomic E-state index is 13.7. The second kappa shape index (κ2) is 8.94. The molecule has 0 bridgehead atoms. The van der Waals surface area contributed by atoms with Gasteiger partial charge in [-0.2, -0.15) is 0 Å². The molecule has 0 aliphatic heterocycles. The monoisotopic (exact) mass is 383 g/mol. The molecule has 0 radical (unpaired) electrons. The first-order valence-electron chi connectivity index (χ1n) is 8.65. The standard InChI is InChI=1S/C21H19F2N3O2/c1-28-16-5-2-4-14(12-16)8-10-24-15-9-11-25-19(13-15)21(27)26-20-17(22)6-3-7-18(20)23/h2-7,9,11-13H,8,10H2,1H3,(H,24,25)(H,26,27). The van der Waals surface area contributed by atoms with Gasteiger partial charge in [0, 0.05) is 18.4 Å². The molecule has 0 spiro atoms. The Bertz CT molecular complexity index is 959. The molecule has 5 nitrogen and oxygen atoms in total. The fraction of sp³-hybridized carbons (Fsp3) is 0.143. The number of hydrogen-bond donors (Lipinski definition) is 2. The number of ether oxygens (including phenoxy) is 1. The average molecular weight is 383 g/mol. The Morgan fingerprint density at radius 1 is 1.07 bits per heavy atom. The van der Waals surface area contributed by atoms with Gasteiger partial charge < -0.3 is 15.4 Å². The Morgan fingerprint density at radius 3 is 2.57 bits per heavy atom. The van der Waals surface area contributed by atoms with Crippen LogP contribution in [0.25, 0.3) is 0 Å². The van der Waals surface area contributed by atoms with Crippen molar-refractivity contribution >= 4 is 17.3 Å². The summed E-state index contributed by atoms with van der Waals surface area (Å²) in [7, 11) is 1.62. The lowest BCUT2D eigenvalue weighted by atomic mass is 10.1. The number of nitrogens with one attached hydrogen (secondary N) is 2. The van der Waals surface area contributed by atoms with Crippen LogP contribution in [-0.2, 0) is 6.42 Å². The third kappa shape index (κ3) is 4.82. The molecule has 0 unspecified atom stereocenters. The number of pyridine rings is 1. The van der Waals surface area contributed by atoms with Gasteiger partial charge in [-0.3, -0.25) is 9.78 Å². The smallest absolute Gasteiger partial charge is 0.274 e. The highest BCUT2D eigenvalue weighted by Gasteiger charge is 2.14. The first kappa shape index (κ1) is 19.3. The van der Waals surface area contributed by atoms with Crippen molar-refractivity contribution in [3.63, 3.8) is 0 Å². The number of carbonyl (C=O) groups is 1. The van der Waals surface area contributed by atoms with E-state index in [4.69, 9.17) is 4.74 Å². The number of aromatic nitrogens is 1. The van der Waals surface area contributed by atoms with Crippen LogP contribution in [0, 0.1) is 11.6 Å². The van der Waals surface area contributed by atoms with Gasteiger partial charge in [-0.1, -0.05) is 18.2 Å². The van der Waals surface area contributed by atoms with Crippen LogP contribution in [0.3, 0.4) is 0 Å². The normalized spacial score (nSPS) is 10.4. The van der Waals surface area contributed by atoms with Gasteiger partial charge in [0.05, 0.1) is 7.11 Å². The Balaban J connectivity index is 1.62. The molecular weight excluding hydrogens is 364 g/mol. The average Bonchev–Trinajstić information content (AvgIpc) is 2.71. The third-order valence-electron chi connectivity index (χ3n) is 4.07. The molecule has 144 valence electrons. The molecular formula is C21H19F2N3O2. The fourth-order valence-electron chi connectivity index (χ4n) is 2.64. The van der Waals surface area contributed by atoms with E-state index in [2.05, 4.69) is 15.6 Å². The molecule has 3 aromatic rings. The number of para-hydroxylation sites is 1. The van der Waals surface area contributed by atoms with Gasteiger partial charge in [0.15, 0.2) is 0 Å². The second-order valence-corrected chi connectivity index (χ2v) is 6.01. The quantitative estimate of drug-likeness (QED) is 0.639. The highest BCUT2D eigenvalue weighted by molar-refractivity contribution is 6.03. The number of benzene rings is 2. The van der Waals surface area contributed by atoms with Crippen LogP contribution in [0.1, 0.15) is 16.1 Å². The highest BCUT2D eigenvalue weighted by Crippen LogP contribution is 2.19. The first-order chi connectivity index (χ1) is 13.6. The SMILES string of the molecule is COc1cccc(CCNc2ccnc(C(=O)Nc3c(F)cccc3F)c2)c1. The molecule has 0 aliphatic rings. The van der Waals surface area contributed by atoms with E-state index in [1.807, 2.05) is 24.3 Å². The van der Waals surface area contributed by atoms with Crippen molar-refractivity contribution in [2.75, 3.05) is 24.3 Å². The van der Waals surface area contributed by atoms with E-state index in [0.717, 1.165) is 29.9 Å². The summed E-state index contributed by atoms with van der Waals surface area (Å²) in [6.07, 6.45) is 2.21. The lowest BCUT2D eigenvalue weighted by Gasteiger charge is -2.10. The lowest BCUT2D eigenvalue weighted by Crippen LogP contribution is -2.16. The molecule has 28 heavy (non-hydrogen) atoms. The van der Waals surface area contributed by atoms with E-state index in [-0.39, 0.29) is 5.69 Å². The summed E-state index contributed by atoms with van der Waals surface area (Å²) < 4.78 is 32.6.